The zero-order valence-corrected chi connectivity index (χ0v) is 11.1. The van der Waals surface area contributed by atoms with Gasteiger partial charge >= 0.3 is 5.97 Å². The fraction of sp³-hybridized carbons (Fsp3) is 0.615. The molecule has 19 heavy (non-hydrogen) atoms. The molecule has 104 valence electrons. The third-order valence-electron chi connectivity index (χ3n) is 3.59. The number of carbonyl (C=O) groups is 1. The first kappa shape index (κ1) is 13.6. The number of aryl methyl sites for hydroxylation is 1. The van der Waals surface area contributed by atoms with Gasteiger partial charge in [0.05, 0.1) is 0 Å². The van der Waals surface area contributed by atoms with Gasteiger partial charge in [0.1, 0.15) is 0 Å². The summed E-state index contributed by atoms with van der Waals surface area (Å²) in [6.45, 7) is 0.774. The van der Waals surface area contributed by atoms with E-state index in [-0.39, 0.29) is 18.0 Å². The van der Waals surface area contributed by atoms with Crippen molar-refractivity contribution in [2.24, 2.45) is 7.05 Å². The lowest BCUT2D eigenvalue weighted by Gasteiger charge is -2.36. The van der Waals surface area contributed by atoms with Crippen molar-refractivity contribution in [2.75, 3.05) is 11.4 Å². The maximum Gasteiger partial charge on any atom is 0.303 e. The molecule has 0 saturated carbocycles. The first-order chi connectivity index (χ1) is 9.09. The molecule has 1 aromatic heterocycles. The van der Waals surface area contributed by atoms with Crippen LogP contribution in [0.3, 0.4) is 0 Å². The van der Waals surface area contributed by atoms with Crippen LogP contribution in [-0.4, -0.2) is 33.2 Å². The van der Waals surface area contributed by atoms with Crippen LogP contribution in [0.2, 0.25) is 0 Å². The van der Waals surface area contributed by atoms with E-state index in [0.717, 1.165) is 25.8 Å². The van der Waals surface area contributed by atoms with Crippen molar-refractivity contribution in [3.63, 3.8) is 0 Å². The molecule has 1 aliphatic heterocycles. The minimum absolute atomic E-state index is 0.104. The van der Waals surface area contributed by atoms with Crippen molar-refractivity contribution >= 4 is 11.8 Å². The quantitative estimate of drug-likeness (QED) is 0.879. The van der Waals surface area contributed by atoms with Gasteiger partial charge in [0, 0.05) is 38.4 Å². The van der Waals surface area contributed by atoms with Crippen molar-refractivity contribution in [3.05, 3.63) is 22.7 Å². The standard InChI is InChI=1S/C13H19N3O3/c1-15-9-7-14-12(13(15)19)16-8-3-2-4-10(16)5-6-11(17)18/h7,9-10H,2-6,8H2,1H3,(H,17,18). The van der Waals surface area contributed by atoms with E-state index in [2.05, 4.69) is 4.98 Å². The summed E-state index contributed by atoms with van der Waals surface area (Å²) in [6, 6.07) is 0.104. The maximum absolute atomic E-state index is 12.1. The molecule has 2 heterocycles. The Bertz CT molecular complexity index is 512. The van der Waals surface area contributed by atoms with Gasteiger partial charge in [0.25, 0.3) is 5.56 Å². The highest BCUT2D eigenvalue weighted by molar-refractivity contribution is 5.66. The Morgan fingerprint density at radius 1 is 1.53 bits per heavy atom. The molecule has 1 fully saturated rings. The summed E-state index contributed by atoms with van der Waals surface area (Å²) in [5, 5.41) is 8.80. The number of hydrogen-bond donors (Lipinski definition) is 1. The lowest BCUT2D eigenvalue weighted by Crippen LogP contribution is -2.44. The number of aliphatic carboxylic acids is 1. The second-order valence-electron chi connectivity index (χ2n) is 4.94. The average Bonchev–Trinajstić information content (AvgIpc) is 2.40. The fourth-order valence-electron chi connectivity index (χ4n) is 2.55. The molecule has 1 unspecified atom stereocenters. The number of rotatable bonds is 4. The Labute approximate surface area is 111 Å². The largest absolute Gasteiger partial charge is 0.481 e. The van der Waals surface area contributed by atoms with Crippen molar-refractivity contribution in [2.45, 2.75) is 38.1 Å². The molecular weight excluding hydrogens is 246 g/mol. The van der Waals surface area contributed by atoms with Crippen LogP contribution in [0.1, 0.15) is 32.1 Å². The third kappa shape index (κ3) is 3.13. The predicted octanol–water partition coefficient (Wildman–Crippen LogP) is 1.00. The first-order valence-electron chi connectivity index (χ1n) is 6.59. The molecule has 6 heteroatoms. The summed E-state index contributed by atoms with van der Waals surface area (Å²) in [4.78, 5) is 29.0. The van der Waals surface area contributed by atoms with E-state index >= 15 is 0 Å². The third-order valence-corrected chi connectivity index (χ3v) is 3.59. The van der Waals surface area contributed by atoms with Crippen LogP contribution in [0.4, 0.5) is 5.82 Å². The molecule has 0 radical (unpaired) electrons. The van der Waals surface area contributed by atoms with E-state index in [1.165, 1.54) is 4.57 Å². The Hall–Kier alpha value is -1.85. The second kappa shape index (κ2) is 5.86. The van der Waals surface area contributed by atoms with Crippen LogP contribution in [0.25, 0.3) is 0 Å². The molecule has 1 saturated heterocycles. The van der Waals surface area contributed by atoms with E-state index in [0.29, 0.717) is 12.2 Å². The van der Waals surface area contributed by atoms with Gasteiger partial charge in [-0.25, -0.2) is 4.98 Å². The molecule has 0 aliphatic carbocycles. The van der Waals surface area contributed by atoms with Crippen LogP contribution in [-0.2, 0) is 11.8 Å². The zero-order chi connectivity index (χ0) is 13.8. The first-order valence-corrected chi connectivity index (χ1v) is 6.59. The van der Waals surface area contributed by atoms with Crippen LogP contribution in [0.15, 0.2) is 17.2 Å². The Morgan fingerprint density at radius 3 is 3.05 bits per heavy atom. The molecule has 1 N–H and O–H groups in total. The molecule has 0 bridgehead atoms. The van der Waals surface area contributed by atoms with Gasteiger partial charge in [-0.15, -0.1) is 0 Å². The van der Waals surface area contributed by atoms with E-state index in [9.17, 15) is 9.59 Å². The summed E-state index contributed by atoms with van der Waals surface area (Å²) >= 11 is 0. The minimum atomic E-state index is -0.792. The number of carboxylic acid groups (broad SMARTS) is 1. The molecule has 2 rings (SSSR count). The topological polar surface area (TPSA) is 75.4 Å². The second-order valence-corrected chi connectivity index (χ2v) is 4.94. The van der Waals surface area contributed by atoms with Gasteiger partial charge in [-0.05, 0) is 25.7 Å². The van der Waals surface area contributed by atoms with Crippen molar-refractivity contribution < 1.29 is 9.90 Å². The molecule has 1 atom stereocenters. The fourth-order valence-corrected chi connectivity index (χ4v) is 2.55. The SMILES string of the molecule is Cn1ccnc(N2CCCCC2CCC(=O)O)c1=O. The van der Waals surface area contributed by atoms with Crippen LogP contribution < -0.4 is 10.5 Å². The smallest absolute Gasteiger partial charge is 0.303 e. The molecule has 0 amide bonds. The summed E-state index contributed by atoms with van der Waals surface area (Å²) < 4.78 is 1.51. The number of hydrogen-bond acceptors (Lipinski definition) is 4. The average molecular weight is 265 g/mol. The van der Waals surface area contributed by atoms with E-state index in [4.69, 9.17) is 5.11 Å². The molecule has 1 aromatic rings. The van der Waals surface area contributed by atoms with Crippen LogP contribution >= 0.6 is 0 Å². The van der Waals surface area contributed by atoms with E-state index in [1.54, 1.807) is 19.4 Å². The highest BCUT2D eigenvalue weighted by Crippen LogP contribution is 2.23. The number of carboxylic acids is 1. The highest BCUT2D eigenvalue weighted by Gasteiger charge is 2.26. The Kier molecular flexibility index (Phi) is 4.19. The van der Waals surface area contributed by atoms with Gasteiger partial charge in [0.15, 0.2) is 5.82 Å². The van der Waals surface area contributed by atoms with Gasteiger partial charge in [-0.1, -0.05) is 0 Å². The molecule has 6 nitrogen and oxygen atoms in total. The summed E-state index contributed by atoms with van der Waals surface area (Å²) in [6.07, 6.45) is 6.95. The van der Waals surface area contributed by atoms with Crippen molar-refractivity contribution in [3.8, 4) is 0 Å². The van der Waals surface area contributed by atoms with E-state index < -0.39 is 5.97 Å². The summed E-state index contributed by atoms with van der Waals surface area (Å²) in [5.41, 5.74) is -0.121. The van der Waals surface area contributed by atoms with Gasteiger partial charge in [-0.2, -0.15) is 0 Å². The van der Waals surface area contributed by atoms with Gasteiger partial charge < -0.3 is 14.6 Å². The Balaban J connectivity index is 2.21. The molecular formula is C13H19N3O3. The van der Waals surface area contributed by atoms with Gasteiger partial charge in [-0.3, -0.25) is 9.59 Å². The van der Waals surface area contributed by atoms with Gasteiger partial charge in [0.2, 0.25) is 0 Å². The number of aromatic nitrogens is 2. The van der Waals surface area contributed by atoms with Crippen molar-refractivity contribution in [1.82, 2.24) is 9.55 Å². The number of nitrogens with zero attached hydrogens (tertiary/aromatic N) is 3. The highest BCUT2D eigenvalue weighted by atomic mass is 16.4. The molecule has 0 spiro atoms. The normalized spacial score (nSPS) is 19.4. The number of piperidine rings is 1. The lowest BCUT2D eigenvalue weighted by molar-refractivity contribution is -0.137. The predicted molar refractivity (Wildman–Crippen MR) is 71.3 cm³/mol. The summed E-state index contributed by atoms with van der Waals surface area (Å²) in [7, 11) is 1.70. The molecule has 0 aromatic carbocycles. The Morgan fingerprint density at radius 2 is 2.32 bits per heavy atom. The monoisotopic (exact) mass is 265 g/mol. The number of anilines is 1. The zero-order valence-electron chi connectivity index (χ0n) is 11.1. The minimum Gasteiger partial charge on any atom is -0.481 e. The maximum atomic E-state index is 12.1. The summed E-state index contributed by atoms with van der Waals surface area (Å²) in [5.74, 6) is -0.348. The van der Waals surface area contributed by atoms with Crippen LogP contribution in [0, 0.1) is 0 Å². The van der Waals surface area contributed by atoms with E-state index in [1.807, 2.05) is 4.90 Å². The van der Waals surface area contributed by atoms with Crippen LogP contribution in [0.5, 0.6) is 0 Å². The van der Waals surface area contributed by atoms with Crippen molar-refractivity contribution in [1.29, 1.82) is 0 Å². The molecule has 1 aliphatic rings. The lowest BCUT2D eigenvalue weighted by atomic mass is 9.98.